The molecule has 0 radical (unpaired) electrons. The van der Waals surface area contributed by atoms with Gasteiger partial charge in [-0.2, -0.15) is 0 Å². The van der Waals surface area contributed by atoms with E-state index in [0.29, 0.717) is 27.4 Å². The number of nitrogens with two attached hydrogens (primary N) is 1. The first-order chi connectivity index (χ1) is 8.56. The Morgan fingerprint density at radius 1 is 1.17 bits per heavy atom. The van der Waals surface area contributed by atoms with Crippen molar-refractivity contribution in [3.05, 3.63) is 46.3 Å². The summed E-state index contributed by atoms with van der Waals surface area (Å²) in [6.07, 6.45) is 2.87. The normalized spacial score (nSPS) is 10.1. The molecule has 1 aromatic carbocycles. The highest BCUT2D eigenvalue weighted by molar-refractivity contribution is 7.80. The zero-order valence-corrected chi connectivity index (χ0v) is 11.3. The van der Waals surface area contributed by atoms with Gasteiger partial charge in [-0.05, 0) is 12.1 Å². The van der Waals surface area contributed by atoms with E-state index >= 15 is 0 Å². The minimum Gasteiger partial charge on any atom is -0.437 e. The maximum Gasteiger partial charge on any atom is 0.237 e. The van der Waals surface area contributed by atoms with Crippen LogP contribution in [0.2, 0.25) is 10.0 Å². The maximum atomic E-state index is 5.87. The van der Waals surface area contributed by atoms with E-state index in [-0.39, 0.29) is 4.99 Å². The number of hydrogen-bond acceptors (Lipinski definition) is 4. The molecule has 92 valence electrons. The highest BCUT2D eigenvalue weighted by atomic mass is 35.5. The van der Waals surface area contributed by atoms with Gasteiger partial charge in [0.25, 0.3) is 0 Å². The van der Waals surface area contributed by atoms with Crippen molar-refractivity contribution in [3.63, 3.8) is 0 Å². The lowest BCUT2D eigenvalue weighted by Gasteiger charge is -2.05. The van der Waals surface area contributed by atoms with Crippen molar-refractivity contribution in [1.82, 2.24) is 9.97 Å². The number of ether oxygens (including phenoxy) is 1. The van der Waals surface area contributed by atoms with E-state index in [4.69, 9.17) is 45.9 Å². The molecule has 0 bridgehead atoms. The van der Waals surface area contributed by atoms with Gasteiger partial charge >= 0.3 is 0 Å². The molecule has 0 aliphatic rings. The zero-order valence-electron chi connectivity index (χ0n) is 8.93. The first-order valence-electron chi connectivity index (χ1n) is 4.81. The first-order valence-corrected chi connectivity index (χ1v) is 5.97. The number of nitrogens with zero attached hydrogens (tertiary/aromatic N) is 2. The third-order valence-corrected chi connectivity index (χ3v) is 2.94. The van der Waals surface area contributed by atoms with E-state index in [1.54, 1.807) is 18.2 Å². The summed E-state index contributed by atoms with van der Waals surface area (Å²) in [5, 5.41) is 0.862. The van der Waals surface area contributed by atoms with E-state index < -0.39 is 0 Å². The number of halogens is 2. The van der Waals surface area contributed by atoms with E-state index in [1.807, 2.05) is 0 Å². The molecule has 0 atom stereocenters. The van der Waals surface area contributed by atoms with Crippen LogP contribution in [-0.2, 0) is 0 Å². The van der Waals surface area contributed by atoms with E-state index in [9.17, 15) is 0 Å². The monoisotopic (exact) mass is 299 g/mol. The summed E-state index contributed by atoms with van der Waals surface area (Å²) in [6, 6.07) is 4.90. The largest absolute Gasteiger partial charge is 0.437 e. The summed E-state index contributed by atoms with van der Waals surface area (Å²) in [4.78, 5) is 8.20. The summed E-state index contributed by atoms with van der Waals surface area (Å²) >= 11 is 16.4. The fourth-order valence-electron chi connectivity index (χ4n) is 1.16. The molecule has 0 saturated carbocycles. The van der Waals surface area contributed by atoms with Crippen LogP contribution in [0.15, 0.2) is 30.6 Å². The van der Waals surface area contributed by atoms with Crippen LogP contribution in [0.25, 0.3) is 0 Å². The molecule has 2 aromatic rings. The minimum atomic E-state index is 0.184. The molecule has 1 heterocycles. The summed E-state index contributed by atoms with van der Waals surface area (Å²) in [5.41, 5.74) is 5.85. The second kappa shape index (κ2) is 5.48. The molecule has 0 aliphatic carbocycles. The molecule has 0 unspecified atom stereocenters. The van der Waals surface area contributed by atoms with Crippen molar-refractivity contribution in [1.29, 1.82) is 0 Å². The van der Waals surface area contributed by atoms with Gasteiger partial charge in [0.05, 0.1) is 22.4 Å². The Kier molecular flexibility index (Phi) is 3.96. The van der Waals surface area contributed by atoms with Crippen LogP contribution in [0.3, 0.4) is 0 Å². The number of benzene rings is 1. The molecule has 0 spiro atoms. The van der Waals surface area contributed by atoms with Crippen LogP contribution in [0, 0.1) is 0 Å². The lowest BCUT2D eigenvalue weighted by atomic mass is 10.3. The molecule has 2 rings (SSSR count). The average molecular weight is 300 g/mol. The fourth-order valence-corrected chi connectivity index (χ4v) is 1.55. The minimum absolute atomic E-state index is 0.184. The van der Waals surface area contributed by atoms with Gasteiger partial charge in [-0.1, -0.05) is 35.4 Å². The van der Waals surface area contributed by atoms with Gasteiger partial charge in [-0.3, -0.25) is 0 Å². The molecule has 7 heteroatoms. The average Bonchev–Trinajstić information content (AvgIpc) is 2.34. The predicted octanol–water partition coefficient (Wildman–Crippen LogP) is 3.21. The van der Waals surface area contributed by atoms with Crippen LogP contribution >= 0.6 is 35.4 Å². The number of hydrogen-bond donors (Lipinski definition) is 1. The number of rotatable bonds is 3. The Morgan fingerprint density at radius 3 is 2.50 bits per heavy atom. The fraction of sp³-hybridized carbons (Fsp3) is 0. The van der Waals surface area contributed by atoms with Crippen LogP contribution in [-0.4, -0.2) is 15.0 Å². The van der Waals surface area contributed by atoms with Crippen LogP contribution in [0.4, 0.5) is 0 Å². The molecule has 0 fully saturated rings. The van der Waals surface area contributed by atoms with Crippen molar-refractivity contribution < 1.29 is 4.74 Å². The lowest BCUT2D eigenvalue weighted by molar-refractivity contribution is 0.460. The van der Waals surface area contributed by atoms with E-state index in [2.05, 4.69) is 9.97 Å². The van der Waals surface area contributed by atoms with Gasteiger partial charge in [0.1, 0.15) is 16.4 Å². The van der Waals surface area contributed by atoms with Crippen LogP contribution in [0.5, 0.6) is 11.6 Å². The van der Waals surface area contributed by atoms with Crippen molar-refractivity contribution in [2.24, 2.45) is 5.73 Å². The molecule has 18 heavy (non-hydrogen) atoms. The first kappa shape index (κ1) is 13.0. The second-order valence-corrected chi connectivity index (χ2v) is 4.54. The van der Waals surface area contributed by atoms with Crippen molar-refractivity contribution in [2.75, 3.05) is 0 Å². The summed E-state index contributed by atoms with van der Waals surface area (Å²) in [6.45, 7) is 0. The smallest absolute Gasteiger partial charge is 0.237 e. The van der Waals surface area contributed by atoms with Crippen molar-refractivity contribution in [2.45, 2.75) is 0 Å². The van der Waals surface area contributed by atoms with E-state index in [1.165, 1.54) is 12.4 Å². The number of aromatic nitrogens is 2. The maximum absolute atomic E-state index is 5.87. The summed E-state index contributed by atoms with van der Waals surface area (Å²) < 4.78 is 5.45. The Labute approximate surface area is 119 Å². The van der Waals surface area contributed by atoms with Gasteiger partial charge in [0.15, 0.2) is 0 Å². The molecule has 1 aromatic heterocycles. The number of thiocarbonyl (C=S) groups is 1. The molecule has 0 amide bonds. The highest BCUT2D eigenvalue weighted by Crippen LogP contribution is 2.28. The lowest BCUT2D eigenvalue weighted by Crippen LogP contribution is -2.11. The predicted molar refractivity (Wildman–Crippen MR) is 74.5 cm³/mol. The molecule has 0 saturated heterocycles. The van der Waals surface area contributed by atoms with Gasteiger partial charge in [0, 0.05) is 6.07 Å². The quantitative estimate of drug-likeness (QED) is 0.882. The SMILES string of the molecule is NC(=S)c1cnc(Oc2ccc(Cl)c(Cl)c2)cn1. The standard InChI is InChI=1S/C11H7Cl2N3OS/c12-7-2-1-6(3-8(7)13)17-10-5-15-9(4-16-10)11(14)18/h1-5H,(H2,14,18). The van der Waals surface area contributed by atoms with E-state index in [0.717, 1.165) is 0 Å². The topological polar surface area (TPSA) is 61.0 Å². The highest BCUT2D eigenvalue weighted by Gasteiger charge is 2.04. The zero-order chi connectivity index (χ0) is 13.1. The summed E-state index contributed by atoms with van der Waals surface area (Å²) in [7, 11) is 0. The Balaban J connectivity index is 2.18. The molecule has 4 nitrogen and oxygen atoms in total. The molecular weight excluding hydrogens is 293 g/mol. The molecule has 0 aliphatic heterocycles. The Bertz CT molecular complexity index is 589. The van der Waals surface area contributed by atoms with Crippen molar-refractivity contribution in [3.8, 4) is 11.6 Å². The molecular formula is C11H7Cl2N3OS. The third-order valence-electron chi connectivity index (χ3n) is 1.99. The van der Waals surface area contributed by atoms with Crippen LogP contribution in [0.1, 0.15) is 5.69 Å². The third kappa shape index (κ3) is 3.07. The Morgan fingerprint density at radius 2 is 1.94 bits per heavy atom. The van der Waals surface area contributed by atoms with Crippen molar-refractivity contribution >= 4 is 40.4 Å². The second-order valence-electron chi connectivity index (χ2n) is 3.28. The molecule has 2 N–H and O–H groups in total. The van der Waals surface area contributed by atoms with Crippen LogP contribution < -0.4 is 10.5 Å². The van der Waals surface area contributed by atoms with Gasteiger partial charge in [0.2, 0.25) is 5.88 Å². The van der Waals surface area contributed by atoms with Gasteiger partial charge in [-0.15, -0.1) is 0 Å². The Hall–Kier alpha value is -1.43. The summed E-state index contributed by atoms with van der Waals surface area (Å²) in [5.74, 6) is 0.829. The van der Waals surface area contributed by atoms with Gasteiger partial charge in [-0.25, -0.2) is 9.97 Å². The van der Waals surface area contributed by atoms with Gasteiger partial charge < -0.3 is 10.5 Å².